The molecule has 3 rings (SSSR count). The standard InChI is InChI=1S/C20H17N3O4/c1-12(24)15-5-3-4-6-16(15)23-19(25)13(2)27-20(26)14-7-8-17-18(11-14)22-10-9-21-17/h3-11,13H,1-2H3,(H,23,25)/t13-/m0/s1. The smallest absolute Gasteiger partial charge is 0.338 e. The van der Waals surface area contributed by atoms with Gasteiger partial charge < -0.3 is 10.1 Å². The van der Waals surface area contributed by atoms with Crippen LogP contribution >= 0.6 is 0 Å². The average Bonchev–Trinajstić information content (AvgIpc) is 2.67. The van der Waals surface area contributed by atoms with Crippen LogP contribution < -0.4 is 5.32 Å². The molecule has 0 fully saturated rings. The molecule has 0 saturated heterocycles. The number of ketones is 1. The van der Waals surface area contributed by atoms with Gasteiger partial charge >= 0.3 is 5.97 Å². The Balaban J connectivity index is 1.70. The molecule has 0 aliphatic rings. The number of Topliss-reactive ketones (excluding diaryl/α,β-unsaturated/α-hetero) is 1. The van der Waals surface area contributed by atoms with Gasteiger partial charge in [0.2, 0.25) is 0 Å². The van der Waals surface area contributed by atoms with Crippen molar-refractivity contribution in [3.05, 3.63) is 66.0 Å². The number of benzene rings is 2. The molecule has 1 heterocycles. The first-order chi connectivity index (χ1) is 13.0. The van der Waals surface area contributed by atoms with Crippen molar-refractivity contribution in [2.45, 2.75) is 20.0 Å². The maximum Gasteiger partial charge on any atom is 0.338 e. The molecule has 136 valence electrons. The molecule has 2 aromatic carbocycles. The second-order valence-electron chi connectivity index (χ2n) is 5.90. The number of hydrogen-bond acceptors (Lipinski definition) is 6. The number of esters is 1. The Bertz CT molecular complexity index is 1030. The SMILES string of the molecule is CC(=O)c1ccccc1NC(=O)[C@H](C)OC(=O)c1ccc2nccnc2c1. The van der Waals surface area contributed by atoms with Crippen molar-refractivity contribution < 1.29 is 19.1 Å². The number of anilines is 1. The zero-order chi connectivity index (χ0) is 19.4. The zero-order valence-electron chi connectivity index (χ0n) is 14.8. The Morgan fingerprint density at radius 2 is 1.70 bits per heavy atom. The Labute approximate surface area is 155 Å². The molecule has 7 nitrogen and oxygen atoms in total. The zero-order valence-corrected chi connectivity index (χ0v) is 14.8. The van der Waals surface area contributed by atoms with Crippen molar-refractivity contribution in [3.8, 4) is 0 Å². The van der Waals surface area contributed by atoms with Crippen LogP contribution in [0.5, 0.6) is 0 Å². The monoisotopic (exact) mass is 363 g/mol. The molecule has 3 aromatic rings. The summed E-state index contributed by atoms with van der Waals surface area (Å²) in [5.74, 6) is -1.35. The minimum absolute atomic E-state index is 0.173. The van der Waals surface area contributed by atoms with Crippen LogP contribution in [0.15, 0.2) is 54.9 Å². The normalized spacial score (nSPS) is 11.6. The average molecular weight is 363 g/mol. The number of hydrogen-bond donors (Lipinski definition) is 1. The highest BCUT2D eigenvalue weighted by Gasteiger charge is 2.20. The van der Waals surface area contributed by atoms with E-state index in [1.54, 1.807) is 48.7 Å². The van der Waals surface area contributed by atoms with Gasteiger partial charge in [0.1, 0.15) is 0 Å². The molecule has 0 bridgehead atoms. The largest absolute Gasteiger partial charge is 0.449 e. The summed E-state index contributed by atoms with van der Waals surface area (Å²) in [4.78, 5) is 44.6. The van der Waals surface area contributed by atoms with Crippen LogP contribution in [-0.4, -0.2) is 33.7 Å². The van der Waals surface area contributed by atoms with Crippen LogP contribution in [0, 0.1) is 0 Å². The third-order valence-corrected chi connectivity index (χ3v) is 3.92. The summed E-state index contributed by atoms with van der Waals surface area (Å²) < 4.78 is 5.24. The molecule has 0 spiro atoms. The summed E-state index contributed by atoms with van der Waals surface area (Å²) in [5, 5.41) is 2.62. The maximum atomic E-state index is 12.3. The molecule has 1 atom stereocenters. The molecule has 0 radical (unpaired) electrons. The fraction of sp³-hybridized carbons (Fsp3) is 0.150. The number of nitrogens with zero attached hydrogens (tertiary/aromatic N) is 2. The van der Waals surface area contributed by atoms with E-state index in [1.165, 1.54) is 20.0 Å². The first-order valence-electron chi connectivity index (χ1n) is 8.28. The van der Waals surface area contributed by atoms with Crippen molar-refractivity contribution in [3.63, 3.8) is 0 Å². The van der Waals surface area contributed by atoms with Crippen LogP contribution in [0.3, 0.4) is 0 Å². The fourth-order valence-corrected chi connectivity index (χ4v) is 2.51. The fourth-order valence-electron chi connectivity index (χ4n) is 2.51. The number of carbonyl (C=O) groups is 3. The Kier molecular flexibility index (Phi) is 5.21. The Morgan fingerprint density at radius 1 is 1.00 bits per heavy atom. The van der Waals surface area contributed by atoms with Crippen molar-refractivity contribution >= 4 is 34.4 Å². The summed E-state index contributed by atoms with van der Waals surface area (Å²) >= 11 is 0. The minimum Gasteiger partial charge on any atom is -0.449 e. The number of fused-ring (bicyclic) bond motifs is 1. The van der Waals surface area contributed by atoms with E-state index in [2.05, 4.69) is 15.3 Å². The van der Waals surface area contributed by atoms with E-state index < -0.39 is 18.0 Å². The summed E-state index contributed by atoms with van der Waals surface area (Å²) in [5.41, 5.74) is 2.24. The van der Waals surface area contributed by atoms with Crippen LogP contribution in [0.25, 0.3) is 11.0 Å². The third-order valence-electron chi connectivity index (χ3n) is 3.92. The second-order valence-corrected chi connectivity index (χ2v) is 5.90. The second kappa shape index (κ2) is 7.74. The van der Waals surface area contributed by atoms with Crippen molar-refractivity contribution in [2.75, 3.05) is 5.32 Å². The maximum absolute atomic E-state index is 12.3. The Hall–Kier alpha value is -3.61. The molecular weight excluding hydrogens is 346 g/mol. The number of para-hydroxylation sites is 1. The Morgan fingerprint density at radius 3 is 2.44 bits per heavy atom. The molecule has 1 amide bonds. The first-order valence-corrected chi connectivity index (χ1v) is 8.28. The summed E-state index contributed by atoms with van der Waals surface area (Å²) in [7, 11) is 0. The molecule has 0 unspecified atom stereocenters. The van der Waals surface area contributed by atoms with Gasteiger partial charge in [-0.1, -0.05) is 12.1 Å². The van der Waals surface area contributed by atoms with Crippen LogP contribution in [0.1, 0.15) is 34.6 Å². The van der Waals surface area contributed by atoms with E-state index in [4.69, 9.17) is 4.74 Å². The van der Waals surface area contributed by atoms with Crippen LogP contribution in [0.2, 0.25) is 0 Å². The van der Waals surface area contributed by atoms with Gasteiger partial charge in [0.25, 0.3) is 5.91 Å². The van der Waals surface area contributed by atoms with E-state index in [0.717, 1.165) is 0 Å². The number of carbonyl (C=O) groups excluding carboxylic acids is 3. The highest BCUT2D eigenvalue weighted by Crippen LogP contribution is 2.17. The minimum atomic E-state index is -1.05. The van der Waals surface area contributed by atoms with E-state index in [0.29, 0.717) is 22.3 Å². The summed E-state index contributed by atoms with van der Waals surface area (Å²) in [6.45, 7) is 2.88. The molecular formula is C20H17N3O4. The van der Waals surface area contributed by atoms with Crippen LogP contribution in [0.4, 0.5) is 5.69 Å². The van der Waals surface area contributed by atoms with Gasteiger partial charge in [-0.25, -0.2) is 4.79 Å². The summed E-state index contributed by atoms with van der Waals surface area (Å²) in [6, 6.07) is 11.4. The predicted molar refractivity (Wildman–Crippen MR) is 99.5 cm³/mol. The molecule has 27 heavy (non-hydrogen) atoms. The lowest BCUT2D eigenvalue weighted by molar-refractivity contribution is -0.123. The summed E-state index contributed by atoms with van der Waals surface area (Å²) in [6.07, 6.45) is 2.04. The lowest BCUT2D eigenvalue weighted by Gasteiger charge is -2.15. The molecule has 0 saturated carbocycles. The van der Waals surface area contributed by atoms with Gasteiger partial charge in [-0.05, 0) is 44.2 Å². The molecule has 1 N–H and O–H groups in total. The molecule has 0 aliphatic carbocycles. The van der Waals surface area contributed by atoms with E-state index >= 15 is 0 Å². The third kappa shape index (κ3) is 4.14. The van der Waals surface area contributed by atoms with Crippen molar-refractivity contribution in [2.24, 2.45) is 0 Å². The first kappa shape index (κ1) is 18.2. The number of amides is 1. The van der Waals surface area contributed by atoms with E-state index in [1.807, 2.05) is 0 Å². The quantitative estimate of drug-likeness (QED) is 0.553. The van der Waals surface area contributed by atoms with Crippen molar-refractivity contribution in [1.82, 2.24) is 9.97 Å². The highest BCUT2D eigenvalue weighted by molar-refractivity contribution is 6.05. The number of aromatic nitrogens is 2. The van der Waals surface area contributed by atoms with Gasteiger partial charge in [-0.2, -0.15) is 0 Å². The van der Waals surface area contributed by atoms with Gasteiger partial charge in [0.15, 0.2) is 11.9 Å². The lowest BCUT2D eigenvalue weighted by atomic mass is 10.1. The lowest BCUT2D eigenvalue weighted by Crippen LogP contribution is -2.30. The molecule has 0 aliphatic heterocycles. The topological polar surface area (TPSA) is 98.2 Å². The van der Waals surface area contributed by atoms with Gasteiger partial charge in [-0.3, -0.25) is 19.6 Å². The van der Waals surface area contributed by atoms with Gasteiger partial charge in [0.05, 0.1) is 22.3 Å². The number of nitrogens with one attached hydrogen (secondary N) is 1. The molecule has 1 aromatic heterocycles. The van der Waals surface area contributed by atoms with E-state index in [9.17, 15) is 14.4 Å². The van der Waals surface area contributed by atoms with E-state index in [-0.39, 0.29) is 11.3 Å². The number of rotatable bonds is 5. The molecule has 7 heteroatoms. The predicted octanol–water partition coefficient (Wildman–Crippen LogP) is 3.02. The van der Waals surface area contributed by atoms with Gasteiger partial charge in [-0.15, -0.1) is 0 Å². The van der Waals surface area contributed by atoms with Gasteiger partial charge in [0, 0.05) is 18.0 Å². The van der Waals surface area contributed by atoms with Crippen molar-refractivity contribution in [1.29, 1.82) is 0 Å². The highest BCUT2D eigenvalue weighted by atomic mass is 16.5. The number of ether oxygens (including phenoxy) is 1. The van der Waals surface area contributed by atoms with Crippen LogP contribution in [-0.2, 0) is 9.53 Å².